The zero-order valence-electron chi connectivity index (χ0n) is 17.3. The van der Waals surface area contributed by atoms with E-state index in [1.165, 1.54) is 5.56 Å². The quantitative estimate of drug-likeness (QED) is 0.766. The van der Waals surface area contributed by atoms with Crippen LogP contribution >= 0.6 is 0 Å². The van der Waals surface area contributed by atoms with Gasteiger partial charge in [0.2, 0.25) is 5.91 Å². The lowest BCUT2D eigenvalue weighted by molar-refractivity contribution is -0.128. The maximum atomic E-state index is 12.5. The third-order valence-corrected chi connectivity index (χ3v) is 5.72. The zero-order chi connectivity index (χ0) is 20.8. The van der Waals surface area contributed by atoms with Crippen molar-refractivity contribution in [3.63, 3.8) is 0 Å². The van der Waals surface area contributed by atoms with E-state index in [1.54, 1.807) is 0 Å². The molecule has 0 bridgehead atoms. The number of amides is 2. The highest BCUT2D eigenvalue weighted by atomic mass is 16.5. The summed E-state index contributed by atoms with van der Waals surface area (Å²) in [7, 11) is 0. The third-order valence-electron chi connectivity index (χ3n) is 5.72. The van der Waals surface area contributed by atoms with E-state index in [1.807, 2.05) is 35.2 Å². The Morgan fingerprint density at radius 1 is 1.00 bits per heavy atom. The highest BCUT2D eigenvalue weighted by Crippen LogP contribution is 2.15. The molecule has 6 heteroatoms. The molecule has 1 atom stereocenters. The molecule has 4 rings (SSSR count). The maximum Gasteiger partial charge on any atom is 0.251 e. The van der Waals surface area contributed by atoms with Crippen LogP contribution in [0.3, 0.4) is 0 Å². The van der Waals surface area contributed by atoms with Gasteiger partial charge in [-0.25, -0.2) is 0 Å². The number of ether oxygens (including phenoxy) is 1. The van der Waals surface area contributed by atoms with E-state index >= 15 is 0 Å². The first-order valence-corrected chi connectivity index (χ1v) is 10.7. The average Bonchev–Trinajstić information content (AvgIpc) is 3.18. The summed E-state index contributed by atoms with van der Waals surface area (Å²) in [6, 6.07) is 17.9. The number of likely N-dealkylation sites (tertiary alicyclic amines) is 1. The molecule has 1 unspecified atom stereocenters. The van der Waals surface area contributed by atoms with Gasteiger partial charge in [0.1, 0.15) is 0 Å². The largest absolute Gasteiger partial charge is 0.374 e. The Morgan fingerprint density at radius 3 is 2.50 bits per heavy atom. The number of nitrogens with zero attached hydrogens (tertiary/aromatic N) is 2. The molecule has 0 aliphatic carbocycles. The smallest absolute Gasteiger partial charge is 0.251 e. The summed E-state index contributed by atoms with van der Waals surface area (Å²) in [5.74, 6) is 0.119. The number of carbonyl (C=O) groups is 2. The molecule has 158 valence electrons. The number of carbonyl (C=O) groups excluding carboxylic acids is 2. The van der Waals surface area contributed by atoms with Crippen LogP contribution in [0.2, 0.25) is 0 Å². The van der Waals surface area contributed by atoms with Crippen molar-refractivity contribution in [1.82, 2.24) is 15.1 Å². The summed E-state index contributed by atoms with van der Waals surface area (Å²) in [6.07, 6.45) is 1.57. The molecule has 2 aromatic carbocycles. The van der Waals surface area contributed by atoms with Crippen LogP contribution in [-0.4, -0.2) is 60.5 Å². The summed E-state index contributed by atoms with van der Waals surface area (Å²) in [5, 5.41) is 3.00. The maximum absolute atomic E-state index is 12.5. The monoisotopic (exact) mass is 407 g/mol. The van der Waals surface area contributed by atoms with Gasteiger partial charge in [0, 0.05) is 51.3 Å². The molecule has 0 aromatic heterocycles. The van der Waals surface area contributed by atoms with Crippen molar-refractivity contribution >= 4 is 11.8 Å². The first-order chi connectivity index (χ1) is 14.7. The lowest BCUT2D eigenvalue weighted by Gasteiger charge is -2.33. The molecule has 2 saturated heterocycles. The third kappa shape index (κ3) is 5.46. The van der Waals surface area contributed by atoms with Crippen LogP contribution in [0.1, 0.15) is 34.3 Å². The van der Waals surface area contributed by atoms with Crippen LogP contribution in [0.5, 0.6) is 0 Å². The average molecular weight is 408 g/mol. The van der Waals surface area contributed by atoms with E-state index in [0.717, 1.165) is 38.2 Å². The molecule has 2 aromatic rings. The normalized spacial score (nSPS) is 19.8. The summed E-state index contributed by atoms with van der Waals surface area (Å²) in [4.78, 5) is 28.5. The van der Waals surface area contributed by atoms with Crippen LogP contribution in [0, 0.1) is 0 Å². The lowest BCUT2D eigenvalue weighted by atomic mass is 10.1. The van der Waals surface area contributed by atoms with Crippen LogP contribution in [0.25, 0.3) is 0 Å². The number of nitrogens with one attached hydrogen (secondary N) is 1. The van der Waals surface area contributed by atoms with Crippen molar-refractivity contribution in [2.45, 2.75) is 32.0 Å². The van der Waals surface area contributed by atoms with Crippen LogP contribution < -0.4 is 5.32 Å². The second-order valence-corrected chi connectivity index (χ2v) is 8.04. The van der Waals surface area contributed by atoms with Gasteiger partial charge in [0.25, 0.3) is 5.91 Å². The molecule has 2 fully saturated rings. The van der Waals surface area contributed by atoms with Crippen molar-refractivity contribution in [3.05, 3.63) is 71.3 Å². The molecule has 2 heterocycles. The topological polar surface area (TPSA) is 61.9 Å². The Hall–Kier alpha value is -2.70. The summed E-state index contributed by atoms with van der Waals surface area (Å²) in [6.45, 7) is 5.22. The fourth-order valence-corrected chi connectivity index (χ4v) is 4.05. The molecule has 6 nitrogen and oxygen atoms in total. The SMILES string of the molecule is O=C(NCC1CN(Cc2ccccc2)CCO1)c1ccc(CN2CCCC2=O)cc1. The first-order valence-electron chi connectivity index (χ1n) is 10.7. The van der Waals surface area contributed by atoms with Crippen LogP contribution in [-0.2, 0) is 22.6 Å². The number of rotatable bonds is 7. The molecule has 0 spiro atoms. The van der Waals surface area contributed by atoms with Gasteiger partial charge in [-0.1, -0.05) is 42.5 Å². The van der Waals surface area contributed by atoms with E-state index in [0.29, 0.717) is 31.7 Å². The highest BCUT2D eigenvalue weighted by molar-refractivity contribution is 5.94. The number of hydrogen-bond acceptors (Lipinski definition) is 4. The Bertz CT molecular complexity index is 854. The molecule has 0 radical (unpaired) electrons. The van der Waals surface area contributed by atoms with Gasteiger partial charge in [-0.2, -0.15) is 0 Å². The van der Waals surface area contributed by atoms with Gasteiger partial charge in [0.05, 0.1) is 12.7 Å². The van der Waals surface area contributed by atoms with Crippen molar-refractivity contribution < 1.29 is 14.3 Å². The lowest BCUT2D eigenvalue weighted by Crippen LogP contribution is -2.47. The van der Waals surface area contributed by atoms with Crippen LogP contribution in [0.4, 0.5) is 0 Å². The second-order valence-electron chi connectivity index (χ2n) is 8.04. The van der Waals surface area contributed by atoms with Gasteiger partial charge in [-0.3, -0.25) is 14.5 Å². The van der Waals surface area contributed by atoms with Gasteiger partial charge < -0.3 is 15.0 Å². The summed E-state index contributed by atoms with van der Waals surface area (Å²) < 4.78 is 5.84. The zero-order valence-corrected chi connectivity index (χ0v) is 17.3. The van der Waals surface area contributed by atoms with E-state index in [4.69, 9.17) is 4.74 Å². The molecule has 2 aliphatic rings. The van der Waals surface area contributed by atoms with Crippen molar-refractivity contribution in [2.75, 3.05) is 32.8 Å². The highest BCUT2D eigenvalue weighted by Gasteiger charge is 2.22. The van der Waals surface area contributed by atoms with E-state index in [2.05, 4.69) is 34.5 Å². The van der Waals surface area contributed by atoms with Gasteiger partial charge >= 0.3 is 0 Å². The summed E-state index contributed by atoms with van der Waals surface area (Å²) >= 11 is 0. The standard InChI is InChI=1S/C24H29N3O3/c28-23-7-4-12-27(23)17-20-8-10-21(11-9-20)24(29)25-15-22-18-26(13-14-30-22)16-19-5-2-1-3-6-19/h1-3,5-6,8-11,22H,4,7,12-18H2,(H,25,29). The van der Waals surface area contributed by atoms with Crippen molar-refractivity contribution in [2.24, 2.45) is 0 Å². The molecule has 1 N–H and O–H groups in total. The number of hydrogen-bond donors (Lipinski definition) is 1. The Morgan fingerprint density at radius 2 is 1.77 bits per heavy atom. The minimum Gasteiger partial charge on any atom is -0.374 e. The van der Waals surface area contributed by atoms with E-state index in [9.17, 15) is 9.59 Å². The predicted octanol–water partition coefficient (Wildman–Crippen LogP) is 2.44. The van der Waals surface area contributed by atoms with E-state index < -0.39 is 0 Å². The first kappa shape index (κ1) is 20.6. The van der Waals surface area contributed by atoms with E-state index in [-0.39, 0.29) is 17.9 Å². The number of morpholine rings is 1. The Balaban J connectivity index is 1.24. The second kappa shape index (κ2) is 9.87. The molecular formula is C24H29N3O3. The fraction of sp³-hybridized carbons (Fsp3) is 0.417. The minimum atomic E-state index is -0.0948. The van der Waals surface area contributed by atoms with Gasteiger partial charge in [-0.05, 0) is 29.7 Å². The predicted molar refractivity (Wildman–Crippen MR) is 115 cm³/mol. The van der Waals surface area contributed by atoms with Crippen molar-refractivity contribution in [1.29, 1.82) is 0 Å². The molecule has 2 aliphatic heterocycles. The molecular weight excluding hydrogens is 378 g/mol. The van der Waals surface area contributed by atoms with Gasteiger partial charge in [-0.15, -0.1) is 0 Å². The summed E-state index contributed by atoms with van der Waals surface area (Å²) in [5.41, 5.74) is 2.97. The minimum absolute atomic E-state index is 0.00753. The molecule has 2 amide bonds. The molecule has 30 heavy (non-hydrogen) atoms. The van der Waals surface area contributed by atoms with Gasteiger partial charge in [0.15, 0.2) is 0 Å². The van der Waals surface area contributed by atoms with Crippen molar-refractivity contribution in [3.8, 4) is 0 Å². The Labute approximate surface area is 177 Å². The Kier molecular flexibility index (Phi) is 6.77. The fourth-order valence-electron chi connectivity index (χ4n) is 4.05. The number of benzene rings is 2. The molecule has 0 saturated carbocycles. The van der Waals surface area contributed by atoms with Crippen LogP contribution in [0.15, 0.2) is 54.6 Å².